The van der Waals surface area contributed by atoms with E-state index >= 15 is 0 Å². The summed E-state index contributed by atoms with van der Waals surface area (Å²) in [5.41, 5.74) is 0.377. The van der Waals surface area contributed by atoms with E-state index in [9.17, 15) is 9.90 Å². The summed E-state index contributed by atoms with van der Waals surface area (Å²) in [6, 6.07) is 3.11. The summed E-state index contributed by atoms with van der Waals surface area (Å²) < 4.78 is 4.86. The monoisotopic (exact) mass is 229 g/mol. The largest absolute Gasteiger partial charge is 0.503 e. The van der Waals surface area contributed by atoms with Gasteiger partial charge in [0.2, 0.25) is 5.91 Å². The summed E-state index contributed by atoms with van der Waals surface area (Å²) in [6.07, 6.45) is 0.350. The van der Waals surface area contributed by atoms with E-state index in [1.54, 1.807) is 13.0 Å². The zero-order chi connectivity index (χ0) is 11.4. The van der Waals surface area contributed by atoms with Crippen LogP contribution in [0.3, 0.4) is 0 Å². The summed E-state index contributed by atoms with van der Waals surface area (Å²) in [4.78, 5) is 11.1. The number of carbonyl (C=O) groups is 1. The Morgan fingerprint density at radius 2 is 2.27 bits per heavy atom. The highest BCUT2D eigenvalue weighted by molar-refractivity contribution is 6.35. The Kier molecular flexibility index (Phi) is 3.80. The second-order valence-electron chi connectivity index (χ2n) is 2.88. The van der Waals surface area contributed by atoms with Crippen molar-refractivity contribution in [2.75, 3.05) is 12.4 Å². The fraction of sp³-hybridized carbons (Fsp3) is 0.300. The number of carbonyl (C=O) groups excluding carboxylic acids is 1. The van der Waals surface area contributed by atoms with Crippen LogP contribution in [0.15, 0.2) is 12.1 Å². The highest BCUT2D eigenvalue weighted by Gasteiger charge is 2.12. The molecule has 82 valence electrons. The lowest BCUT2D eigenvalue weighted by molar-refractivity contribution is -0.115. The lowest BCUT2D eigenvalue weighted by Crippen LogP contribution is -2.09. The first-order chi connectivity index (χ1) is 7.10. The van der Waals surface area contributed by atoms with Gasteiger partial charge in [0.1, 0.15) is 5.02 Å². The highest BCUT2D eigenvalue weighted by Crippen LogP contribution is 2.38. The lowest BCUT2D eigenvalue weighted by Gasteiger charge is -2.10. The van der Waals surface area contributed by atoms with Crippen molar-refractivity contribution in [1.82, 2.24) is 0 Å². The fourth-order valence-electron chi connectivity index (χ4n) is 1.05. The number of rotatable bonds is 3. The van der Waals surface area contributed by atoms with Crippen LogP contribution in [0.5, 0.6) is 11.5 Å². The topological polar surface area (TPSA) is 58.6 Å². The molecule has 1 aromatic rings. The van der Waals surface area contributed by atoms with Crippen molar-refractivity contribution in [3.63, 3.8) is 0 Å². The second kappa shape index (κ2) is 4.89. The van der Waals surface area contributed by atoms with Gasteiger partial charge in [0, 0.05) is 6.42 Å². The molecule has 0 atom stereocenters. The van der Waals surface area contributed by atoms with E-state index in [0.717, 1.165) is 0 Å². The molecule has 1 amide bonds. The Balaban J connectivity index is 3.01. The minimum absolute atomic E-state index is 0.0798. The van der Waals surface area contributed by atoms with Gasteiger partial charge >= 0.3 is 0 Å². The number of anilines is 1. The molecule has 0 bridgehead atoms. The molecule has 15 heavy (non-hydrogen) atoms. The maximum Gasteiger partial charge on any atom is 0.224 e. The molecule has 0 fully saturated rings. The summed E-state index contributed by atoms with van der Waals surface area (Å²) >= 11 is 5.83. The minimum Gasteiger partial charge on any atom is -0.503 e. The number of halogens is 1. The van der Waals surface area contributed by atoms with Crippen LogP contribution in [-0.4, -0.2) is 18.1 Å². The maximum absolute atomic E-state index is 11.1. The number of hydrogen-bond donors (Lipinski definition) is 2. The molecule has 0 saturated carbocycles. The van der Waals surface area contributed by atoms with Crippen LogP contribution in [0.4, 0.5) is 5.69 Å². The van der Waals surface area contributed by atoms with Crippen LogP contribution < -0.4 is 10.1 Å². The molecule has 4 nitrogen and oxygen atoms in total. The number of ether oxygens (including phenoxy) is 1. The first-order valence-electron chi connectivity index (χ1n) is 4.45. The smallest absolute Gasteiger partial charge is 0.224 e. The van der Waals surface area contributed by atoms with E-state index in [-0.39, 0.29) is 22.4 Å². The molecule has 0 radical (unpaired) electrons. The summed E-state index contributed by atoms with van der Waals surface area (Å²) in [6.45, 7) is 1.73. The van der Waals surface area contributed by atoms with E-state index in [0.29, 0.717) is 12.1 Å². The first kappa shape index (κ1) is 11.7. The van der Waals surface area contributed by atoms with Gasteiger partial charge in [-0.05, 0) is 12.1 Å². The standard InChI is InChI=1S/C10H12ClNO3/c1-3-8(13)12-6-4-5-7(15-2)10(14)9(6)11/h4-5,14H,3H2,1-2H3,(H,12,13). The van der Waals surface area contributed by atoms with E-state index in [2.05, 4.69) is 5.32 Å². The van der Waals surface area contributed by atoms with Crippen molar-refractivity contribution in [3.8, 4) is 11.5 Å². The summed E-state index contributed by atoms with van der Waals surface area (Å²) in [5.74, 6) is -0.0657. The molecular weight excluding hydrogens is 218 g/mol. The molecule has 0 aliphatic carbocycles. The predicted octanol–water partition coefficient (Wildman–Crippen LogP) is 2.40. The van der Waals surface area contributed by atoms with Crippen molar-refractivity contribution < 1.29 is 14.6 Å². The van der Waals surface area contributed by atoms with E-state index in [1.165, 1.54) is 13.2 Å². The van der Waals surface area contributed by atoms with Gasteiger partial charge in [-0.3, -0.25) is 4.79 Å². The van der Waals surface area contributed by atoms with E-state index in [4.69, 9.17) is 16.3 Å². The average Bonchev–Trinajstić information content (AvgIpc) is 2.25. The number of phenolic OH excluding ortho intramolecular Hbond substituents is 1. The molecule has 0 heterocycles. The van der Waals surface area contributed by atoms with Crippen LogP contribution in [0.2, 0.25) is 5.02 Å². The van der Waals surface area contributed by atoms with Crippen LogP contribution in [0, 0.1) is 0 Å². The number of hydrogen-bond acceptors (Lipinski definition) is 3. The van der Waals surface area contributed by atoms with Crippen molar-refractivity contribution in [3.05, 3.63) is 17.2 Å². The van der Waals surface area contributed by atoms with Crippen LogP contribution in [0.25, 0.3) is 0 Å². The number of aromatic hydroxyl groups is 1. The molecule has 0 aromatic heterocycles. The van der Waals surface area contributed by atoms with Crippen molar-refractivity contribution in [1.29, 1.82) is 0 Å². The SMILES string of the molecule is CCC(=O)Nc1ccc(OC)c(O)c1Cl. The summed E-state index contributed by atoms with van der Waals surface area (Å²) in [7, 11) is 1.43. The number of nitrogens with one attached hydrogen (secondary N) is 1. The first-order valence-corrected chi connectivity index (χ1v) is 4.83. The molecule has 0 aliphatic rings. The van der Waals surface area contributed by atoms with Crippen LogP contribution in [0.1, 0.15) is 13.3 Å². The van der Waals surface area contributed by atoms with Gasteiger partial charge in [-0.25, -0.2) is 0 Å². The van der Waals surface area contributed by atoms with Gasteiger partial charge in [-0.15, -0.1) is 0 Å². The molecule has 0 aliphatic heterocycles. The fourth-order valence-corrected chi connectivity index (χ4v) is 1.25. The van der Waals surface area contributed by atoms with Gasteiger partial charge in [-0.1, -0.05) is 18.5 Å². The molecule has 1 rings (SSSR count). The Hall–Kier alpha value is -1.42. The second-order valence-corrected chi connectivity index (χ2v) is 3.26. The molecule has 2 N–H and O–H groups in total. The molecule has 0 unspecified atom stereocenters. The molecule has 0 spiro atoms. The van der Waals surface area contributed by atoms with Gasteiger partial charge in [0.05, 0.1) is 12.8 Å². The number of benzene rings is 1. The van der Waals surface area contributed by atoms with E-state index < -0.39 is 0 Å². The lowest BCUT2D eigenvalue weighted by atomic mass is 10.2. The van der Waals surface area contributed by atoms with Crippen molar-refractivity contribution in [2.24, 2.45) is 0 Å². The van der Waals surface area contributed by atoms with Crippen LogP contribution in [-0.2, 0) is 4.79 Å². The number of methoxy groups -OCH3 is 1. The van der Waals surface area contributed by atoms with Crippen molar-refractivity contribution >= 4 is 23.2 Å². The average molecular weight is 230 g/mol. The zero-order valence-corrected chi connectivity index (χ0v) is 9.26. The van der Waals surface area contributed by atoms with Crippen LogP contribution >= 0.6 is 11.6 Å². The third kappa shape index (κ3) is 2.53. The zero-order valence-electron chi connectivity index (χ0n) is 8.50. The Bertz CT molecular complexity index is 379. The minimum atomic E-state index is -0.173. The van der Waals surface area contributed by atoms with Gasteiger partial charge in [0.25, 0.3) is 0 Å². The highest BCUT2D eigenvalue weighted by atomic mass is 35.5. The Morgan fingerprint density at radius 3 is 2.80 bits per heavy atom. The molecular formula is C10H12ClNO3. The maximum atomic E-state index is 11.1. The van der Waals surface area contributed by atoms with Gasteiger partial charge in [0.15, 0.2) is 11.5 Å². The normalized spacial score (nSPS) is 9.80. The van der Waals surface area contributed by atoms with Gasteiger partial charge < -0.3 is 15.2 Å². The molecule has 5 heteroatoms. The Labute approximate surface area is 92.8 Å². The van der Waals surface area contributed by atoms with Crippen molar-refractivity contribution in [2.45, 2.75) is 13.3 Å². The molecule has 0 saturated heterocycles. The van der Waals surface area contributed by atoms with E-state index in [1.807, 2.05) is 0 Å². The summed E-state index contributed by atoms with van der Waals surface area (Å²) in [5, 5.41) is 12.2. The number of phenols is 1. The third-order valence-electron chi connectivity index (χ3n) is 1.89. The number of amides is 1. The quantitative estimate of drug-likeness (QED) is 0.837. The van der Waals surface area contributed by atoms with Gasteiger partial charge in [-0.2, -0.15) is 0 Å². The predicted molar refractivity (Wildman–Crippen MR) is 58.6 cm³/mol. The Morgan fingerprint density at radius 1 is 1.60 bits per heavy atom. The molecule has 1 aromatic carbocycles. The third-order valence-corrected chi connectivity index (χ3v) is 2.28.